The van der Waals surface area contributed by atoms with Crippen molar-refractivity contribution in [3.8, 4) is 0 Å². The van der Waals surface area contributed by atoms with Gasteiger partial charge < -0.3 is 16.2 Å². The molecule has 80 valence electrons. The fraction of sp³-hybridized carbons (Fsp3) is 0.625. The normalized spacial score (nSPS) is 14.2. The summed E-state index contributed by atoms with van der Waals surface area (Å²) in [5.74, 6) is -2.08. The first-order chi connectivity index (χ1) is 6.34. The molecule has 0 aliphatic rings. The van der Waals surface area contributed by atoms with E-state index in [9.17, 15) is 14.4 Å². The average Bonchev–Trinajstić information content (AvgIpc) is 2.01. The molecule has 6 nitrogen and oxygen atoms in total. The Morgan fingerprint density at radius 2 is 1.93 bits per heavy atom. The van der Waals surface area contributed by atoms with E-state index >= 15 is 0 Å². The van der Waals surface area contributed by atoms with Crippen LogP contribution in [0.1, 0.15) is 20.3 Å². The Labute approximate surface area is 81.5 Å². The van der Waals surface area contributed by atoms with Crippen molar-refractivity contribution in [1.82, 2.24) is 5.32 Å². The molecule has 0 aromatic heterocycles. The quantitative estimate of drug-likeness (QED) is 0.523. The molecule has 0 aromatic rings. The second kappa shape index (κ2) is 5.33. The van der Waals surface area contributed by atoms with Crippen LogP contribution < -0.4 is 11.1 Å². The zero-order valence-corrected chi connectivity index (χ0v) is 8.11. The van der Waals surface area contributed by atoms with Crippen LogP contribution in [0.15, 0.2) is 0 Å². The Kier molecular flexibility index (Phi) is 4.79. The van der Waals surface area contributed by atoms with Gasteiger partial charge in [0.05, 0.1) is 18.5 Å². The first kappa shape index (κ1) is 12.6. The van der Waals surface area contributed by atoms with E-state index in [4.69, 9.17) is 10.8 Å². The van der Waals surface area contributed by atoms with Crippen molar-refractivity contribution in [3.05, 3.63) is 0 Å². The molecule has 6 heteroatoms. The van der Waals surface area contributed by atoms with Gasteiger partial charge in [-0.25, -0.2) is 0 Å². The maximum atomic E-state index is 11.1. The summed E-state index contributed by atoms with van der Waals surface area (Å²) in [7, 11) is 0. The van der Waals surface area contributed by atoms with E-state index in [1.54, 1.807) is 0 Å². The number of hydrogen-bond acceptors (Lipinski definition) is 4. The highest BCUT2D eigenvalue weighted by atomic mass is 16.4. The van der Waals surface area contributed by atoms with E-state index in [-0.39, 0.29) is 0 Å². The molecule has 0 rings (SSSR count). The number of carbonyl (C=O) groups is 3. The smallest absolute Gasteiger partial charge is 0.305 e. The molecule has 0 fully saturated rings. The summed E-state index contributed by atoms with van der Waals surface area (Å²) >= 11 is 0. The lowest BCUT2D eigenvalue weighted by molar-refractivity contribution is -0.140. The molecule has 1 amide bonds. The fourth-order valence-corrected chi connectivity index (χ4v) is 0.774. The maximum Gasteiger partial charge on any atom is 0.305 e. The van der Waals surface area contributed by atoms with Crippen LogP contribution in [0, 0.1) is 0 Å². The highest BCUT2D eigenvalue weighted by Gasteiger charge is 2.21. The van der Waals surface area contributed by atoms with Crippen molar-refractivity contribution in [2.75, 3.05) is 0 Å². The van der Waals surface area contributed by atoms with E-state index in [1.807, 2.05) is 0 Å². The average molecular weight is 202 g/mol. The number of aliphatic carboxylic acids is 1. The predicted molar refractivity (Wildman–Crippen MR) is 48.5 cm³/mol. The highest BCUT2D eigenvalue weighted by Crippen LogP contribution is 1.94. The molecule has 0 heterocycles. The number of carboxylic acids is 1. The molecular formula is C8H14N2O4. The summed E-state index contributed by atoms with van der Waals surface area (Å²) in [4.78, 5) is 32.3. The Bertz CT molecular complexity index is 250. The van der Waals surface area contributed by atoms with E-state index in [2.05, 4.69) is 5.32 Å². The van der Waals surface area contributed by atoms with Gasteiger partial charge in [0.15, 0.2) is 5.78 Å². The first-order valence-corrected chi connectivity index (χ1v) is 4.12. The molecular weight excluding hydrogens is 188 g/mol. The van der Waals surface area contributed by atoms with E-state index in [0.717, 1.165) is 0 Å². The number of nitrogens with two attached hydrogens (primary N) is 1. The molecule has 2 unspecified atom stereocenters. The number of amides is 1. The number of rotatable bonds is 5. The van der Waals surface area contributed by atoms with Gasteiger partial charge in [-0.3, -0.25) is 14.4 Å². The second-order valence-corrected chi connectivity index (χ2v) is 3.06. The van der Waals surface area contributed by atoms with Gasteiger partial charge in [0.2, 0.25) is 5.91 Å². The number of ketones is 1. The summed E-state index contributed by atoms with van der Waals surface area (Å²) in [5.41, 5.74) is 5.24. The number of nitrogens with one attached hydrogen (secondary N) is 1. The monoisotopic (exact) mass is 202 g/mol. The molecule has 0 bridgehead atoms. The standard InChI is InChI=1S/C8H14N2O4/c1-4(9)8(14)10-6(5(2)11)3-7(12)13/h4,6H,3,9H2,1-2H3,(H,10,14)(H,12,13). The van der Waals surface area contributed by atoms with Gasteiger partial charge in [0, 0.05) is 0 Å². The highest BCUT2D eigenvalue weighted by molar-refractivity contribution is 5.91. The minimum Gasteiger partial charge on any atom is -0.481 e. The van der Waals surface area contributed by atoms with Crippen LogP contribution in [0.25, 0.3) is 0 Å². The van der Waals surface area contributed by atoms with Crippen molar-refractivity contribution in [1.29, 1.82) is 0 Å². The van der Waals surface area contributed by atoms with Gasteiger partial charge in [-0.05, 0) is 13.8 Å². The molecule has 0 aromatic carbocycles. The van der Waals surface area contributed by atoms with Gasteiger partial charge in [-0.2, -0.15) is 0 Å². The third kappa shape index (κ3) is 4.56. The van der Waals surface area contributed by atoms with E-state index in [0.29, 0.717) is 0 Å². The zero-order valence-electron chi connectivity index (χ0n) is 8.11. The summed E-state index contributed by atoms with van der Waals surface area (Å²) < 4.78 is 0. The summed E-state index contributed by atoms with van der Waals surface area (Å²) in [5, 5.41) is 10.7. The third-order valence-electron chi connectivity index (χ3n) is 1.60. The summed E-state index contributed by atoms with van der Waals surface area (Å²) in [6.07, 6.45) is -0.423. The SMILES string of the molecule is CC(=O)C(CC(=O)O)NC(=O)C(C)N. The van der Waals surface area contributed by atoms with E-state index < -0.39 is 36.2 Å². The van der Waals surface area contributed by atoms with Gasteiger partial charge >= 0.3 is 5.97 Å². The number of hydrogen-bond donors (Lipinski definition) is 3. The number of carbonyl (C=O) groups excluding carboxylic acids is 2. The molecule has 14 heavy (non-hydrogen) atoms. The molecule has 0 aliphatic heterocycles. The summed E-state index contributed by atoms with van der Waals surface area (Å²) in [6.45, 7) is 2.67. The topological polar surface area (TPSA) is 109 Å². The molecule has 4 N–H and O–H groups in total. The zero-order chi connectivity index (χ0) is 11.3. The molecule has 2 atom stereocenters. The number of Topliss-reactive ketones (excluding diaryl/α,β-unsaturated/α-hetero) is 1. The molecule has 0 spiro atoms. The van der Waals surface area contributed by atoms with Gasteiger partial charge in [0.25, 0.3) is 0 Å². The lowest BCUT2D eigenvalue weighted by atomic mass is 10.1. The minimum atomic E-state index is -1.14. The Morgan fingerprint density at radius 1 is 1.43 bits per heavy atom. The molecule has 0 radical (unpaired) electrons. The molecule has 0 saturated heterocycles. The first-order valence-electron chi connectivity index (χ1n) is 4.12. The van der Waals surface area contributed by atoms with Gasteiger partial charge in [0.1, 0.15) is 0 Å². The van der Waals surface area contributed by atoms with Gasteiger partial charge in [-0.1, -0.05) is 0 Å². The van der Waals surface area contributed by atoms with Crippen LogP contribution >= 0.6 is 0 Å². The van der Waals surface area contributed by atoms with Crippen molar-refractivity contribution in [2.45, 2.75) is 32.4 Å². The predicted octanol–water partition coefficient (Wildman–Crippen LogP) is -1.12. The third-order valence-corrected chi connectivity index (χ3v) is 1.60. The van der Waals surface area contributed by atoms with Gasteiger partial charge in [-0.15, -0.1) is 0 Å². The van der Waals surface area contributed by atoms with E-state index in [1.165, 1.54) is 13.8 Å². The van der Waals surface area contributed by atoms with Crippen molar-refractivity contribution in [2.24, 2.45) is 5.73 Å². The van der Waals surface area contributed by atoms with Crippen molar-refractivity contribution in [3.63, 3.8) is 0 Å². The molecule has 0 aliphatic carbocycles. The maximum absolute atomic E-state index is 11.1. The summed E-state index contributed by atoms with van der Waals surface area (Å²) in [6, 6.07) is -1.75. The Balaban J connectivity index is 4.31. The van der Waals surface area contributed by atoms with Crippen molar-refractivity contribution >= 4 is 17.7 Å². The minimum absolute atomic E-state index is 0.401. The lowest BCUT2D eigenvalue weighted by Gasteiger charge is -2.15. The van der Waals surface area contributed by atoms with Crippen LogP contribution in [0.5, 0.6) is 0 Å². The van der Waals surface area contributed by atoms with Crippen LogP contribution in [0.2, 0.25) is 0 Å². The lowest BCUT2D eigenvalue weighted by Crippen LogP contribution is -2.47. The molecule has 0 saturated carbocycles. The van der Waals surface area contributed by atoms with Crippen LogP contribution in [0.4, 0.5) is 0 Å². The van der Waals surface area contributed by atoms with Crippen LogP contribution in [-0.4, -0.2) is 34.8 Å². The Morgan fingerprint density at radius 3 is 2.21 bits per heavy atom. The number of carboxylic acid groups (broad SMARTS) is 1. The Hall–Kier alpha value is -1.43. The fourth-order valence-electron chi connectivity index (χ4n) is 0.774. The largest absolute Gasteiger partial charge is 0.481 e. The second-order valence-electron chi connectivity index (χ2n) is 3.06. The van der Waals surface area contributed by atoms with Crippen molar-refractivity contribution < 1.29 is 19.5 Å². The van der Waals surface area contributed by atoms with Crippen LogP contribution in [-0.2, 0) is 14.4 Å². The van der Waals surface area contributed by atoms with Crippen LogP contribution in [0.3, 0.4) is 0 Å².